The van der Waals surface area contributed by atoms with Crippen molar-refractivity contribution in [3.8, 4) is 17.2 Å². The average molecular weight is 427 g/mol. The van der Waals surface area contributed by atoms with E-state index in [-0.39, 0.29) is 5.91 Å². The summed E-state index contributed by atoms with van der Waals surface area (Å²) in [6, 6.07) is 21.0. The lowest BCUT2D eigenvalue weighted by Crippen LogP contribution is -2.11. The number of rotatable bonds is 6. The summed E-state index contributed by atoms with van der Waals surface area (Å²) >= 11 is 0. The second-order valence-corrected chi connectivity index (χ2v) is 7.95. The number of hydrogen-bond donors (Lipinski definition) is 1. The summed E-state index contributed by atoms with van der Waals surface area (Å²) < 4.78 is 11.7. The molecule has 1 amide bonds. The Labute approximate surface area is 188 Å². The molecule has 0 fully saturated rings. The summed E-state index contributed by atoms with van der Waals surface area (Å²) in [5, 5.41) is 2.94. The fraction of sp³-hybridized carbons (Fsp3) is 0.185. The van der Waals surface area contributed by atoms with Gasteiger partial charge in [-0.15, -0.1) is 0 Å². The van der Waals surface area contributed by atoms with Gasteiger partial charge in [-0.3, -0.25) is 4.79 Å². The molecule has 4 aromatic rings. The SMILES string of the molecule is Cc1ccc(OCc2nc(-c3ccc(C(=O)Nc4ccc(C)c(C)c4)cc3)oc2C)cc1. The molecule has 0 radical (unpaired) electrons. The molecule has 162 valence electrons. The van der Waals surface area contributed by atoms with Crippen LogP contribution in [0.25, 0.3) is 11.5 Å². The second kappa shape index (κ2) is 9.10. The average Bonchev–Trinajstić information content (AvgIpc) is 3.16. The number of benzene rings is 3. The molecular formula is C27H26N2O3. The monoisotopic (exact) mass is 426 g/mol. The van der Waals surface area contributed by atoms with E-state index in [1.54, 1.807) is 12.1 Å². The molecule has 0 unspecified atom stereocenters. The number of aryl methyl sites for hydroxylation is 4. The number of carbonyl (C=O) groups excluding carboxylic acids is 1. The number of amides is 1. The zero-order chi connectivity index (χ0) is 22.7. The van der Waals surface area contributed by atoms with E-state index in [9.17, 15) is 4.79 Å². The molecule has 3 aromatic carbocycles. The van der Waals surface area contributed by atoms with Crippen LogP contribution in [0.4, 0.5) is 5.69 Å². The smallest absolute Gasteiger partial charge is 0.255 e. The van der Waals surface area contributed by atoms with E-state index in [2.05, 4.69) is 10.3 Å². The van der Waals surface area contributed by atoms with Gasteiger partial charge in [-0.2, -0.15) is 0 Å². The predicted octanol–water partition coefficient (Wildman–Crippen LogP) is 6.41. The first-order valence-corrected chi connectivity index (χ1v) is 10.5. The largest absolute Gasteiger partial charge is 0.487 e. The van der Waals surface area contributed by atoms with Gasteiger partial charge < -0.3 is 14.5 Å². The lowest BCUT2D eigenvalue weighted by molar-refractivity contribution is 0.102. The third kappa shape index (κ3) is 4.89. The van der Waals surface area contributed by atoms with Crippen LogP contribution < -0.4 is 10.1 Å². The van der Waals surface area contributed by atoms with Gasteiger partial charge in [-0.1, -0.05) is 23.8 Å². The van der Waals surface area contributed by atoms with Gasteiger partial charge in [0.25, 0.3) is 5.91 Å². The Morgan fingerprint density at radius 3 is 2.31 bits per heavy atom. The molecule has 1 aromatic heterocycles. The molecule has 32 heavy (non-hydrogen) atoms. The molecule has 0 aliphatic carbocycles. The lowest BCUT2D eigenvalue weighted by Gasteiger charge is -2.08. The minimum absolute atomic E-state index is 0.157. The van der Waals surface area contributed by atoms with Crippen LogP contribution in [0, 0.1) is 27.7 Å². The number of anilines is 1. The van der Waals surface area contributed by atoms with Gasteiger partial charge in [-0.25, -0.2) is 4.98 Å². The fourth-order valence-electron chi connectivity index (χ4n) is 3.26. The van der Waals surface area contributed by atoms with Crippen molar-refractivity contribution in [1.82, 2.24) is 4.98 Å². The van der Waals surface area contributed by atoms with E-state index in [1.165, 1.54) is 11.1 Å². The molecule has 0 aliphatic heterocycles. The van der Waals surface area contributed by atoms with E-state index in [0.717, 1.165) is 28.3 Å². The van der Waals surface area contributed by atoms with Crippen LogP contribution in [0.2, 0.25) is 0 Å². The summed E-state index contributed by atoms with van der Waals surface area (Å²) in [5.74, 6) is 1.85. The Morgan fingerprint density at radius 1 is 0.906 bits per heavy atom. The first-order valence-electron chi connectivity index (χ1n) is 10.5. The molecule has 1 heterocycles. The number of nitrogens with zero attached hydrogens (tertiary/aromatic N) is 1. The van der Waals surface area contributed by atoms with E-state index < -0.39 is 0 Å². The fourth-order valence-corrected chi connectivity index (χ4v) is 3.26. The zero-order valence-electron chi connectivity index (χ0n) is 18.7. The third-order valence-electron chi connectivity index (χ3n) is 5.45. The van der Waals surface area contributed by atoms with Crippen LogP contribution in [0.3, 0.4) is 0 Å². The zero-order valence-corrected chi connectivity index (χ0v) is 18.7. The number of carbonyl (C=O) groups is 1. The molecule has 1 N–H and O–H groups in total. The minimum atomic E-state index is -0.157. The van der Waals surface area contributed by atoms with Gasteiger partial charge in [-0.05, 0) is 87.4 Å². The Hall–Kier alpha value is -3.86. The molecule has 0 saturated heterocycles. The summed E-state index contributed by atoms with van der Waals surface area (Å²) in [6.45, 7) is 8.31. The van der Waals surface area contributed by atoms with Crippen LogP contribution in [-0.4, -0.2) is 10.9 Å². The lowest BCUT2D eigenvalue weighted by atomic mass is 10.1. The van der Waals surface area contributed by atoms with Gasteiger partial charge in [0.05, 0.1) is 0 Å². The van der Waals surface area contributed by atoms with Crippen LogP contribution in [0.5, 0.6) is 5.75 Å². The van der Waals surface area contributed by atoms with Crippen molar-refractivity contribution in [2.45, 2.75) is 34.3 Å². The van der Waals surface area contributed by atoms with Gasteiger partial charge in [0.2, 0.25) is 5.89 Å². The van der Waals surface area contributed by atoms with E-state index in [0.29, 0.717) is 23.8 Å². The standard InChI is InChI=1S/C27H26N2O3/c1-17-5-13-24(14-6-17)31-16-25-20(4)32-27(29-25)22-10-8-21(9-11-22)26(30)28-23-12-7-18(2)19(3)15-23/h5-15H,16H2,1-4H3,(H,28,30). The van der Waals surface area contributed by atoms with Gasteiger partial charge >= 0.3 is 0 Å². The molecule has 0 spiro atoms. The van der Waals surface area contributed by atoms with Crippen molar-refractivity contribution in [3.05, 3.63) is 100 Å². The summed E-state index contributed by atoms with van der Waals surface area (Å²) in [4.78, 5) is 17.2. The van der Waals surface area contributed by atoms with Crippen LogP contribution >= 0.6 is 0 Å². The Morgan fingerprint density at radius 2 is 1.62 bits per heavy atom. The van der Waals surface area contributed by atoms with Crippen molar-refractivity contribution >= 4 is 11.6 Å². The molecule has 0 atom stereocenters. The van der Waals surface area contributed by atoms with E-state index in [4.69, 9.17) is 9.15 Å². The molecule has 5 heteroatoms. The number of aromatic nitrogens is 1. The topological polar surface area (TPSA) is 64.4 Å². The number of ether oxygens (including phenoxy) is 1. The molecule has 5 nitrogen and oxygen atoms in total. The van der Waals surface area contributed by atoms with Gasteiger partial charge in [0, 0.05) is 16.8 Å². The quantitative estimate of drug-likeness (QED) is 0.387. The highest BCUT2D eigenvalue weighted by molar-refractivity contribution is 6.04. The predicted molar refractivity (Wildman–Crippen MR) is 126 cm³/mol. The summed E-state index contributed by atoms with van der Waals surface area (Å²) in [5.41, 5.74) is 6.41. The maximum Gasteiger partial charge on any atom is 0.255 e. The first kappa shape index (κ1) is 21.4. The Bertz CT molecular complexity index is 1240. The summed E-state index contributed by atoms with van der Waals surface area (Å²) in [6.07, 6.45) is 0. The Kier molecular flexibility index (Phi) is 6.08. The van der Waals surface area contributed by atoms with Crippen molar-refractivity contribution in [2.75, 3.05) is 5.32 Å². The highest BCUT2D eigenvalue weighted by atomic mass is 16.5. The minimum Gasteiger partial charge on any atom is -0.487 e. The van der Waals surface area contributed by atoms with E-state index >= 15 is 0 Å². The Balaban J connectivity index is 1.43. The van der Waals surface area contributed by atoms with Crippen molar-refractivity contribution in [3.63, 3.8) is 0 Å². The number of hydrogen-bond acceptors (Lipinski definition) is 4. The summed E-state index contributed by atoms with van der Waals surface area (Å²) in [7, 11) is 0. The normalized spacial score (nSPS) is 10.8. The number of oxazole rings is 1. The van der Waals surface area contributed by atoms with Crippen LogP contribution in [0.15, 0.2) is 71.1 Å². The molecule has 0 saturated carbocycles. The first-order chi connectivity index (χ1) is 15.4. The second-order valence-electron chi connectivity index (χ2n) is 7.95. The molecule has 0 aliphatic rings. The number of nitrogens with one attached hydrogen (secondary N) is 1. The van der Waals surface area contributed by atoms with Crippen molar-refractivity contribution < 1.29 is 13.9 Å². The maximum atomic E-state index is 12.6. The van der Waals surface area contributed by atoms with Gasteiger partial charge in [0.15, 0.2) is 0 Å². The molecule has 0 bridgehead atoms. The van der Waals surface area contributed by atoms with Crippen molar-refractivity contribution in [2.24, 2.45) is 0 Å². The van der Waals surface area contributed by atoms with E-state index in [1.807, 2.05) is 82.3 Å². The van der Waals surface area contributed by atoms with Crippen molar-refractivity contribution in [1.29, 1.82) is 0 Å². The highest BCUT2D eigenvalue weighted by Gasteiger charge is 2.13. The highest BCUT2D eigenvalue weighted by Crippen LogP contribution is 2.24. The van der Waals surface area contributed by atoms with Gasteiger partial charge in [0.1, 0.15) is 23.8 Å². The third-order valence-corrected chi connectivity index (χ3v) is 5.45. The maximum absolute atomic E-state index is 12.6. The van der Waals surface area contributed by atoms with Crippen LogP contribution in [-0.2, 0) is 6.61 Å². The molecule has 4 rings (SSSR count). The molecular weight excluding hydrogens is 400 g/mol. The van der Waals surface area contributed by atoms with Crippen LogP contribution in [0.1, 0.15) is 38.5 Å².